The molecule has 0 saturated heterocycles. The number of sulfonamides is 1. The zero-order valence-electron chi connectivity index (χ0n) is 10.2. The fourth-order valence-electron chi connectivity index (χ4n) is 1.14. The van der Waals surface area contributed by atoms with Crippen LogP contribution in [0.4, 0.5) is 0 Å². The van der Waals surface area contributed by atoms with E-state index in [0.717, 1.165) is 11.3 Å². The third-order valence-electron chi connectivity index (χ3n) is 2.55. The molecule has 0 aliphatic heterocycles. The Labute approximate surface area is 106 Å². The van der Waals surface area contributed by atoms with Crippen LogP contribution in [0.25, 0.3) is 0 Å². The Morgan fingerprint density at radius 2 is 2.12 bits per heavy atom. The van der Waals surface area contributed by atoms with E-state index in [1.54, 1.807) is 25.3 Å². The van der Waals surface area contributed by atoms with Crippen LogP contribution in [0.1, 0.15) is 13.8 Å². The van der Waals surface area contributed by atoms with Crippen molar-refractivity contribution in [2.24, 2.45) is 0 Å². The fraction of sp³-hybridized carbons (Fsp3) is 0.455. The smallest absolute Gasteiger partial charge is 0.257 e. The molecule has 1 aromatic rings. The molecule has 0 unspecified atom stereocenters. The molecule has 0 radical (unpaired) electrons. The van der Waals surface area contributed by atoms with Crippen LogP contribution in [0.3, 0.4) is 0 Å². The van der Waals surface area contributed by atoms with Gasteiger partial charge in [-0.2, -0.15) is 4.31 Å². The van der Waals surface area contributed by atoms with Crippen molar-refractivity contribution in [3.8, 4) is 18.1 Å². The van der Waals surface area contributed by atoms with E-state index in [0.29, 0.717) is 5.75 Å². The van der Waals surface area contributed by atoms with Crippen LogP contribution in [0.5, 0.6) is 5.75 Å². The van der Waals surface area contributed by atoms with Crippen LogP contribution < -0.4 is 4.74 Å². The van der Waals surface area contributed by atoms with Gasteiger partial charge in [-0.1, -0.05) is 5.92 Å². The van der Waals surface area contributed by atoms with Gasteiger partial charge in [0.25, 0.3) is 10.0 Å². The van der Waals surface area contributed by atoms with Gasteiger partial charge in [0.2, 0.25) is 0 Å². The average molecular weight is 273 g/mol. The van der Waals surface area contributed by atoms with E-state index >= 15 is 0 Å². The van der Waals surface area contributed by atoms with Gasteiger partial charge in [-0.3, -0.25) is 0 Å². The number of ether oxygens (including phenoxy) is 1. The van der Waals surface area contributed by atoms with Crippen LogP contribution in [0.15, 0.2) is 15.7 Å². The van der Waals surface area contributed by atoms with Gasteiger partial charge < -0.3 is 4.74 Å². The molecule has 0 atom stereocenters. The van der Waals surface area contributed by atoms with Gasteiger partial charge in [0.15, 0.2) is 4.21 Å². The maximum absolute atomic E-state index is 12.3. The van der Waals surface area contributed by atoms with Crippen molar-refractivity contribution in [3.05, 3.63) is 11.4 Å². The highest BCUT2D eigenvalue weighted by molar-refractivity contribution is 7.91. The van der Waals surface area contributed by atoms with Gasteiger partial charge >= 0.3 is 0 Å². The van der Waals surface area contributed by atoms with Gasteiger partial charge in [0.1, 0.15) is 5.75 Å². The Hall–Kier alpha value is -1.03. The van der Waals surface area contributed by atoms with Crippen molar-refractivity contribution in [2.45, 2.75) is 23.6 Å². The van der Waals surface area contributed by atoms with Crippen LogP contribution in [-0.4, -0.2) is 32.4 Å². The summed E-state index contributed by atoms with van der Waals surface area (Å²) in [5.41, 5.74) is -0.881. The average Bonchev–Trinajstić information content (AvgIpc) is 2.76. The van der Waals surface area contributed by atoms with E-state index in [1.165, 1.54) is 18.5 Å². The third-order valence-corrected chi connectivity index (χ3v) is 6.01. The van der Waals surface area contributed by atoms with E-state index < -0.39 is 15.6 Å². The van der Waals surface area contributed by atoms with Crippen LogP contribution in [0, 0.1) is 12.3 Å². The molecule has 0 aliphatic carbocycles. The predicted octanol–water partition coefficient (Wildman–Crippen LogP) is 1.79. The summed E-state index contributed by atoms with van der Waals surface area (Å²) in [6, 6.07) is 1.62. The summed E-state index contributed by atoms with van der Waals surface area (Å²) >= 11 is 1.11. The van der Waals surface area contributed by atoms with Crippen LogP contribution >= 0.6 is 11.3 Å². The Bertz CT molecular complexity index is 537. The normalized spacial score (nSPS) is 12.5. The van der Waals surface area contributed by atoms with Crippen molar-refractivity contribution in [1.82, 2.24) is 4.31 Å². The summed E-state index contributed by atoms with van der Waals surface area (Å²) in [5.74, 6) is 2.80. The number of hydrogen-bond donors (Lipinski definition) is 0. The monoisotopic (exact) mass is 273 g/mol. The zero-order chi connectivity index (χ0) is 13.3. The highest BCUT2D eigenvalue weighted by Crippen LogP contribution is 2.33. The van der Waals surface area contributed by atoms with E-state index in [-0.39, 0.29) is 4.21 Å². The first kappa shape index (κ1) is 14.0. The Morgan fingerprint density at radius 1 is 1.53 bits per heavy atom. The SMILES string of the molecule is C#CC(C)(C)N(C)S(=O)(=O)c1sccc1OC. The zero-order valence-corrected chi connectivity index (χ0v) is 11.9. The lowest BCUT2D eigenvalue weighted by Crippen LogP contribution is -2.43. The molecule has 6 heteroatoms. The van der Waals surface area contributed by atoms with Gasteiger partial charge in [-0.25, -0.2) is 8.42 Å². The molecule has 0 amide bonds. The molecule has 1 rings (SSSR count). The third kappa shape index (κ3) is 2.46. The van der Waals surface area contributed by atoms with Gasteiger partial charge in [-0.15, -0.1) is 17.8 Å². The molecular formula is C11H15NO3S2. The molecule has 0 aliphatic rings. The van der Waals surface area contributed by atoms with Crippen LogP contribution in [-0.2, 0) is 10.0 Å². The largest absolute Gasteiger partial charge is 0.494 e. The summed E-state index contributed by atoms with van der Waals surface area (Å²) in [6.07, 6.45) is 5.34. The highest BCUT2D eigenvalue weighted by atomic mass is 32.2. The summed E-state index contributed by atoms with van der Waals surface area (Å²) in [7, 11) is -0.719. The van der Waals surface area contributed by atoms with E-state index in [9.17, 15) is 8.42 Å². The minimum atomic E-state index is -3.62. The number of nitrogens with zero attached hydrogens (tertiary/aromatic N) is 1. The molecule has 94 valence electrons. The van der Waals surface area contributed by atoms with Crippen molar-refractivity contribution < 1.29 is 13.2 Å². The molecule has 0 aromatic carbocycles. The molecule has 1 aromatic heterocycles. The molecule has 4 nitrogen and oxygen atoms in total. The van der Waals surface area contributed by atoms with Crippen LogP contribution in [0.2, 0.25) is 0 Å². The minimum Gasteiger partial charge on any atom is -0.494 e. The highest BCUT2D eigenvalue weighted by Gasteiger charge is 2.35. The number of methoxy groups -OCH3 is 1. The standard InChI is InChI=1S/C11H15NO3S2/c1-6-11(2,3)12(4)17(13,14)10-9(15-5)7-8-16-10/h1,7-8H,2-5H3. The van der Waals surface area contributed by atoms with Crippen molar-refractivity contribution >= 4 is 21.4 Å². The lowest BCUT2D eigenvalue weighted by atomic mass is 10.1. The molecule has 0 spiro atoms. The molecular weight excluding hydrogens is 258 g/mol. The summed E-state index contributed by atoms with van der Waals surface area (Å²) in [5, 5.41) is 1.67. The quantitative estimate of drug-likeness (QED) is 0.786. The molecule has 0 saturated carbocycles. The molecule has 0 fully saturated rings. The van der Waals surface area contributed by atoms with E-state index in [2.05, 4.69) is 5.92 Å². The van der Waals surface area contributed by atoms with E-state index in [1.807, 2.05) is 0 Å². The minimum absolute atomic E-state index is 0.172. The lowest BCUT2D eigenvalue weighted by Gasteiger charge is -2.29. The molecule has 1 heterocycles. The predicted molar refractivity (Wildman–Crippen MR) is 68.7 cm³/mol. The van der Waals surface area contributed by atoms with Gasteiger partial charge in [-0.05, 0) is 25.3 Å². The first-order valence-electron chi connectivity index (χ1n) is 4.85. The summed E-state index contributed by atoms with van der Waals surface area (Å²) < 4.78 is 31.0. The van der Waals surface area contributed by atoms with Crippen molar-refractivity contribution in [1.29, 1.82) is 0 Å². The Morgan fingerprint density at radius 3 is 2.59 bits per heavy atom. The Balaban J connectivity index is 3.27. The summed E-state index contributed by atoms with van der Waals surface area (Å²) in [4.78, 5) is 0. The number of hydrogen-bond acceptors (Lipinski definition) is 4. The number of terminal acetylenes is 1. The fourth-order valence-corrected chi connectivity index (χ4v) is 4.02. The van der Waals surface area contributed by atoms with Gasteiger partial charge in [0, 0.05) is 7.05 Å². The molecule has 0 bridgehead atoms. The maximum Gasteiger partial charge on any atom is 0.257 e. The summed E-state index contributed by atoms with van der Waals surface area (Å²) in [6.45, 7) is 3.34. The van der Waals surface area contributed by atoms with E-state index in [4.69, 9.17) is 11.2 Å². The second-order valence-corrected chi connectivity index (χ2v) is 7.03. The maximum atomic E-state index is 12.3. The first-order valence-corrected chi connectivity index (χ1v) is 7.17. The topological polar surface area (TPSA) is 46.6 Å². The Kier molecular flexibility index (Phi) is 3.87. The molecule has 17 heavy (non-hydrogen) atoms. The van der Waals surface area contributed by atoms with Gasteiger partial charge in [0.05, 0.1) is 12.6 Å². The second-order valence-electron chi connectivity index (χ2n) is 3.95. The van der Waals surface area contributed by atoms with Crippen molar-refractivity contribution in [3.63, 3.8) is 0 Å². The van der Waals surface area contributed by atoms with Crippen molar-refractivity contribution in [2.75, 3.05) is 14.2 Å². The molecule has 0 N–H and O–H groups in total. The first-order chi connectivity index (χ1) is 7.77. The number of thiophene rings is 1. The second kappa shape index (κ2) is 4.69. The lowest BCUT2D eigenvalue weighted by molar-refractivity contribution is 0.338. The number of rotatable bonds is 4.